The Labute approximate surface area is 122 Å². The third-order valence-corrected chi connectivity index (χ3v) is 6.42. The first-order valence-corrected chi connectivity index (χ1v) is 7.90. The molecule has 2 fully saturated rings. The molecule has 5 nitrogen and oxygen atoms in total. The first-order chi connectivity index (χ1) is 9.37. The van der Waals surface area contributed by atoms with Crippen LogP contribution in [0.1, 0.15) is 39.5 Å². The molecule has 0 unspecified atom stereocenters. The Morgan fingerprint density at radius 2 is 2.05 bits per heavy atom. The van der Waals surface area contributed by atoms with Gasteiger partial charge in [-0.05, 0) is 19.8 Å². The average Bonchev–Trinajstić information content (AvgIpc) is 2.91. The maximum Gasteiger partial charge on any atom is 0.353 e. The molecule has 2 aliphatic heterocycles. The van der Waals surface area contributed by atoms with Gasteiger partial charge in [-0.15, -0.1) is 11.8 Å². The van der Waals surface area contributed by atoms with Gasteiger partial charge in [0.05, 0.1) is 12.0 Å². The number of carbonyl (C=O) groups excluding carboxylic acids is 1. The van der Waals surface area contributed by atoms with E-state index in [0.29, 0.717) is 0 Å². The van der Waals surface area contributed by atoms with Crippen molar-refractivity contribution in [3.05, 3.63) is 10.6 Å². The Bertz CT molecular complexity index is 507. The van der Waals surface area contributed by atoms with Crippen LogP contribution in [-0.2, 0) is 9.59 Å². The molecule has 3 aliphatic rings. The van der Waals surface area contributed by atoms with Crippen molar-refractivity contribution in [2.45, 2.75) is 51.0 Å². The van der Waals surface area contributed by atoms with Gasteiger partial charge in [-0.2, -0.15) is 0 Å². The predicted octanol–water partition coefficient (Wildman–Crippen LogP) is 1.77. The second kappa shape index (κ2) is 4.49. The predicted molar refractivity (Wildman–Crippen MR) is 74.6 cm³/mol. The van der Waals surface area contributed by atoms with Crippen molar-refractivity contribution in [3.63, 3.8) is 0 Å². The SMILES string of the molecule is C[C@@H](O)[C@H]1C(=O)N2C(C(=O)O)=C(C3(C)CCCC3)S[C@H]12. The highest BCUT2D eigenvalue weighted by Crippen LogP contribution is 2.59. The molecule has 0 bridgehead atoms. The Balaban J connectivity index is 1.98. The lowest BCUT2D eigenvalue weighted by Gasteiger charge is -2.43. The number of carboxylic acids is 1. The summed E-state index contributed by atoms with van der Waals surface area (Å²) in [6.07, 6.45) is 3.42. The highest BCUT2D eigenvalue weighted by Gasteiger charge is 2.59. The monoisotopic (exact) mass is 297 g/mol. The molecule has 0 radical (unpaired) electrons. The van der Waals surface area contributed by atoms with E-state index in [-0.39, 0.29) is 22.4 Å². The van der Waals surface area contributed by atoms with E-state index >= 15 is 0 Å². The quantitative estimate of drug-likeness (QED) is 0.776. The molecular weight excluding hydrogens is 278 g/mol. The number of hydrogen-bond donors (Lipinski definition) is 2. The van der Waals surface area contributed by atoms with Crippen molar-refractivity contribution in [3.8, 4) is 0 Å². The number of aliphatic hydroxyl groups excluding tert-OH is 1. The van der Waals surface area contributed by atoms with E-state index in [0.717, 1.165) is 30.6 Å². The van der Waals surface area contributed by atoms with Gasteiger partial charge in [-0.25, -0.2) is 4.79 Å². The third-order valence-electron chi connectivity index (χ3n) is 4.76. The number of β-lactam (4-membered cyclic amide) rings is 1. The molecule has 3 rings (SSSR count). The highest BCUT2D eigenvalue weighted by molar-refractivity contribution is 8.04. The number of nitrogens with zero attached hydrogens (tertiary/aromatic N) is 1. The Morgan fingerprint density at radius 3 is 2.55 bits per heavy atom. The number of hydrogen-bond acceptors (Lipinski definition) is 4. The van der Waals surface area contributed by atoms with Crippen molar-refractivity contribution in [1.29, 1.82) is 0 Å². The Hall–Kier alpha value is -1.01. The van der Waals surface area contributed by atoms with Crippen LogP contribution in [0, 0.1) is 11.3 Å². The zero-order chi connectivity index (χ0) is 14.7. The lowest BCUT2D eigenvalue weighted by atomic mass is 9.86. The summed E-state index contributed by atoms with van der Waals surface area (Å²) < 4.78 is 0. The smallest absolute Gasteiger partial charge is 0.353 e. The first kappa shape index (κ1) is 13.9. The maximum atomic E-state index is 12.1. The van der Waals surface area contributed by atoms with Crippen LogP contribution >= 0.6 is 11.8 Å². The van der Waals surface area contributed by atoms with Crippen molar-refractivity contribution in [2.75, 3.05) is 0 Å². The number of thioether (sulfide) groups is 1. The molecule has 0 aromatic heterocycles. The number of fused-ring (bicyclic) bond motifs is 1. The van der Waals surface area contributed by atoms with Gasteiger partial charge < -0.3 is 10.2 Å². The molecule has 2 N–H and O–H groups in total. The first-order valence-electron chi connectivity index (χ1n) is 7.03. The molecule has 0 aromatic rings. The molecular formula is C14H19NO4S. The average molecular weight is 297 g/mol. The van der Waals surface area contributed by atoms with E-state index in [2.05, 4.69) is 6.92 Å². The zero-order valence-corrected chi connectivity index (χ0v) is 12.4. The normalized spacial score (nSPS) is 33.1. The molecule has 1 saturated carbocycles. The van der Waals surface area contributed by atoms with Crippen LogP contribution in [0.25, 0.3) is 0 Å². The van der Waals surface area contributed by atoms with Crippen molar-refractivity contribution < 1.29 is 19.8 Å². The summed E-state index contributed by atoms with van der Waals surface area (Å²) >= 11 is 1.48. The van der Waals surface area contributed by atoms with E-state index in [4.69, 9.17) is 0 Å². The van der Waals surface area contributed by atoms with Gasteiger partial charge in [-0.3, -0.25) is 9.69 Å². The summed E-state index contributed by atoms with van der Waals surface area (Å²) in [5, 5.41) is 19.0. The second-order valence-electron chi connectivity index (χ2n) is 6.23. The minimum Gasteiger partial charge on any atom is -0.477 e. The molecule has 110 valence electrons. The molecule has 6 heteroatoms. The fourth-order valence-electron chi connectivity index (χ4n) is 3.59. The topological polar surface area (TPSA) is 77.8 Å². The summed E-state index contributed by atoms with van der Waals surface area (Å²) in [5.41, 5.74) is 0.0329. The largest absolute Gasteiger partial charge is 0.477 e. The number of carboxylic acid groups (broad SMARTS) is 1. The van der Waals surface area contributed by atoms with Crippen LogP contribution in [0.5, 0.6) is 0 Å². The minimum absolute atomic E-state index is 0.126. The summed E-state index contributed by atoms with van der Waals surface area (Å²) in [6, 6.07) is 0. The molecule has 20 heavy (non-hydrogen) atoms. The van der Waals surface area contributed by atoms with Gasteiger partial charge >= 0.3 is 5.97 Å². The van der Waals surface area contributed by atoms with E-state index in [9.17, 15) is 19.8 Å². The van der Waals surface area contributed by atoms with Gasteiger partial charge in [0.2, 0.25) is 5.91 Å². The molecule has 1 amide bonds. The Morgan fingerprint density at radius 1 is 1.45 bits per heavy atom. The number of aliphatic hydroxyl groups is 1. The fraction of sp³-hybridized carbons (Fsp3) is 0.714. The lowest BCUT2D eigenvalue weighted by Crippen LogP contribution is -2.60. The van der Waals surface area contributed by atoms with Crippen molar-refractivity contribution in [2.24, 2.45) is 11.3 Å². The van der Waals surface area contributed by atoms with E-state index in [1.165, 1.54) is 16.7 Å². The van der Waals surface area contributed by atoms with E-state index in [1.807, 2.05) is 0 Å². The number of carbonyl (C=O) groups is 2. The number of rotatable bonds is 3. The molecule has 1 saturated heterocycles. The van der Waals surface area contributed by atoms with Crippen LogP contribution < -0.4 is 0 Å². The Kier molecular flexibility index (Phi) is 3.14. The van der Waals surface area contributed by atoms with Gasteiger partial charge in [0.25, 0.3) is 0 Å². The van der Waals surface area contributed by atoms with Crippen LogP contribution in [-0.4, -0.2) is 38.5 Å². The highest BCUT2D eigenvalue weighted by atomic mass is 32.2. The van der Waals surface area contributed by atoms with Gasteiger partial charge in [-0.1, -0.05) is 19.8 Å². The summed E-state index contributed by atoms with van der Waals surface area (Å²) in [7, 11) is 0. The lowest BCUT2D eigenvalue weighted by molar-refractivity contribution is -0.156. The zero-order valence-electron chi connectivity index (χ0n) is 11.6. The minimum atomic E-state index is -1.03. The van der Waals surface area contributed by atoms with Crippen LogP contribution in [0.4, 0.5) is 0 Å². The van der Waals surface area contributed by atoms with Crippen molar-refractivity contribution >= 4 is 23.6 Å². The summed E-state index contributed by atoms with van der Waals surface area (Å²) in [5.74, 6) is -1.76. The molecule has 1 aliphatic carbocycles. The number of amides is 1. The van der Waals surface area contributed by atoms with Crippen LogP contribution in [0.15, 0.2) is 10.6 Å². The van der Waals surface area contributed by atoms with Crippen molar-refractivity contribution in [1.82, 2.24) is 4.90 Å². The number of aliphatic carboxylic acids is 1. The van der Waals surface area contributed by atoms with Gasteiger partial charge in [0.1, 0.15) is 11.1 Å². The maximum absolute atomic E-state index is 12.1. The standard InChI is InChI=1S/C14H19NO4S/c1-7(16)8-11(17)15-9(13(18)19)10(20-12(8)15)14(2)5-3-4-6-14/h7-8,12,16H,3-6H2,1-2H3,(H,18,19)/t7-,8+,12-/m1/s1. The van der Waals surface area contributed by atoms with Crippen LogP contribution in [0.3, 0.4) is 0 Å². The molecule has 0 spiro atoms. The molecule has 2 heterocycles. The summed E-state index contributed by atoms with van der Waals surface area (Å²) in [6.45, 7) is 3.69. The third kappa shape index (κ3) is 1.74. The van der Waals surface area contributed by atoms with Gasteiger partial charge in [0.15, 0.2) is 0 Å². The van der Waals surface area contributed by atoms with E-state index in [1.54, 1.807) is 6.92 Å². The van der Waals surface area contributed by atoms with Gasteiger partial charge in [0, 0.05) is 10.3 Å². The number of allylic oxidation sites excluding steroid dienone is 1. The fourth-order valence-corrected chi connectivity index (χ4v) is 5.42. The van der Waals surface area contributed by atoms with E-state index < -0.39 is 18.0 Å². The van der Waals surface area contributed by atoms with Crippen LogP contribution in [0.2, 0.25) is 0 Å². The molecule has 0 aromatic carbocycles. The summed E-state index contributed by atoms with van der Waals surface area (Å²) in [4.78, 5) is 25.9. The molecule has 3 atom stereocenters. The second-order valence-corrected chi connectivity index (χ2v) is 7.36.